The summed E-state index contributed by atoms with van der Waals surface area (Å²) >= 11 is 6.02. The van der Waals surface area contributed by atoms with Crippen LogP contribution in [0.2, 0.25) is 5.02 Å². The van der Waals surface area contributed by atoms with Crippen LogP contribution in [0.1, 0.15) is 25.7 Å². The van der Waals surface area contributed by atoms with Crippen molar-refractivity contribution in [2.45, 2.75) is 31.2 Å². The summed E-state index contributed by atoms with van der Waals surface area (Å²) in [7, 11) is 0. The highest BCUT2D eigenvalue weighted by atomic mass is 35.5. The molecule has 0 atom stereocenters. The Kier molecular flexibility index (Phi) is 3.36. The van der Waals surface area contributed by atoms with Crippen LogP contribution in [0.4, 0.5) is 10.1 Å². The van der Waals surface area contributed by atoms with E-state index in [-0.39, 0.29) is 11.4 Å². The van der Waals surface area contributed by atoms with Crippen molar-refractivity contribution < 1.29 is 4.39 Å². The first-order valence-corrected chi connectivity index (χ1v) is 5.96. The number of hydrogen-bond acceptors (Lipinski definition) is 2. The van der Waals surface area contributed by atoms with Gasteiger partial charge in [-0.25, -0.2) is 4.39 Å². The van der Waals surface area contributed by atoms with Gasteiger partial charge in [-0.3, -0.25) is 0 Å². The first kappa shape index (κ1) is 11.7. The molecule has 1 fully saturated rings. The van der Waals surface area contributed by atoms with E-state index in [2.05, 4.69) is 5.32 Å². The molecule has 0 bridgehead atoms. The van der Waals surface area contributed by atoms with Gasteiger partial charge in [-0.1, -0.05) is 24.4 Å². The van der Waals surface area contributed by atoms with E-state index in [4.69, 9.17) is 17.3 Å². The quantitative estimate of drug-likeness (QED) is 0.855. The summed E-state index contributed by atoms with van der Waals surface area (Å²) in [6.07, 6.45) is 4.38. The van der Waals surface area contributed by atoms with E-state index in [1.807, 2.05) is 0 Å². The van der Waals surface area contributed by atoms with Crippen molar-refractivity contribution in [3.8, 4) is 0 Å². The van der Waals surface area contributed by atoms with E-state index in [9.17, 15) is 4.39 Å². The second-order valence-corrected chi connectivity index (χ2v) is 4.85. The molecule has 1 saturated carbocycles. The van der Waals surface area contributed by atoms with Gasteiger partial charge in [0.1, 0.15) is 5.82 Å². The molecule has 0 heterocycles. The third-order valence-electron chi connectivity index (χ3n) is 3.28. The van der Waals surface area contributed by atoms with Crippen molar-refractivity contribution in [3.63, 3.8) is 0 Å². The molecule has 2 rings (SSSR count). The molecule has 0 unspecified atom stereocenters. The van der Waals surface area contributed by atoms with Gasteiger partial charge < -0.3 is 11.1 Å². The maximum Gasteiger partial charge on any atom is 0.125 e. The Balaban J connectivity index is 2.21. The standard InChI is InChI=1S/C12H16ClFN2/c13-10-4-3-9(14)7-11(10)16-12(8-15)5-1-2-6-12/h3-4,7,16H,1-2,5-6,8,15H2. The lowest BCUT2D eigenvalue weighted by atomic mass is 9.97. The SMILES string of the molecule is NCC1(Nc2cc(F)ccc2Cl)CCCC1. The average Bonchev–Trinajstić information content (AvgIpc) is 2.73. The molecule has 4 heteroatoms. The molecule has 0 radical (unpaired) electrons. The number of nitrogens with two attached hydrogens (primary N) is 1. The van der Waals surface area contributed by atoms with Gasteiger partial charge in [-0.2, -0.15) is 0 Å². The zero-order valence-electron chi connectivity index (χ0n) is 9.10. The third kappa shape index (κ3) is 2.30. The highest BCUT2D eigenvalue weighted by Gasteiger charge is 2.32. The molecule has 3 N–H and O–H groups in total. The summed E-state index contributed by atoms with van der Waals surface area (Å²) < 4.78 is 13.1. The molecule has 0 saturated heterocycles. The maximum atomic E-state index is 13.1. The van der Waals surface area contributed by atoms with Crippen molar-refractivity contribution in [2.75, 3.05) is 11.9 Å². The Labute approximate surface area is 100.0 Å². The highest BCUT2D eigenvalue weighted by molar-refractivity contribution is 6.33. The van der Waals surface area contributed by atoms with Crippen LogP contribution in [-0.2, 0) is 0 Å². The zero-order chi connectivity index (χ0) is 11.6. The van der Waals surface area contributed by atoms with Gasteiger partial charge in [-0.15, -0.1) is 0 Å². The minimum Gasteiger partial charge on any atom is -0.377 e. The second kappa shape index (κ2) is 4.60. The summed E-state index contributed by atoms with van der Waals surface area (Å²) in [4.78, 5) is 0. The van der Waals surface area contributed by atoms with Crippen LogP contribution in [-0.4, -0.2) is 12.1 Å². The smallest absolute Gasteiger partial charge is 0.125 e. The van der Waals surface area contributed by atoms with Crippen LogP contribution in [0, 0.1) is 5.82 Å². The van der Waals surface area contributed by atoms with Gasteiger partial charge in [0, 0.05) is 12.1 Å². The molecule has 0 amide bonds. The van der Waals surface area contributed by atoms with Gasteiger partial charge in [0.25, 0.3) is 0 Å². The Morgan fingerprint density at radius 2 is 2.06 bits per heavy atom. The first-order chi connectivity index (χ1) is 7.65. The Morgan fingerprint density at radius 1 is 1.38 bits per heavy atom. The van der Waals surface area contributed by atoms with Crippen molar-refractivity contribution >= 4 is 17.3 Å². The van der Waals surface area contributed by atoms with Crippen molar-refractivity contribution in [2.24, 2.45) is 5.73 Å². The maximum absolute atomic E-state index is 13.1. The fraction of sp³-hybridized carbons (Fsp3) is 0.500. The summed E-state index contributed by atoms with van der Waals surface area (Å²) in [5.74, 6) is -0.280. The Bertz CT molecular complexity index is 375. The lowest BCUT2D eigenvalue weighted by Crippen LogP contribution is -2.42. The average molecular weight is 243 g/mol. The van der Waals surface area contributed by atoms with E-state index in [1.165, 1.54) is 12.1 Å². The largest absolute Gasteiger partial charge is 0.377 e. The van der Waals surface area contributed by atoms with E-state index in [0.717, 1.165) is 25.7 Å². The predicted molar refractivity (Wildman–Crippen MR) is 65.3 cm³/mol. The van der Waals surface area contributed by atoms with Gasteiger partial charge in [0.15, 0.2) is 0 Å². The fourth-order valence-electron chi connectivity index (χ4n) is 2.31. The van der Waals surface area contributed by atoms with Crippen LogP contribution >= 0.6 is 11.6 Å². The lowest BCUT2D eigenvalue weighted by molar-refractivity contribution is 0.492. The summed E-state index contributed by atoms with van der Waals surface area (Å²) in [6, 6.07) is 4.35. The number of benzene rings is 1. The molecule has 0 aliphatic heterocycles. The monoisotopic (exact) mass is 242 g/mol. The molecular formula is C12H16ClFN2. The van der Waals surface area contributed by atoms with Crippen molar-refractivity contribution in [3.05, 3.63) is 29.0 Å². The molecule has 1 aromatic rings. The van der Waals surface area contributed by atoms with Crippen LogP contribution < -0.4 is 11.1 Å². The topological polar surface area (TPSA) is 38.0 Å². The molecule has 2 nitrogen and oxygen atoms in total. The van der Waals surface area contributed by atoms with Gasteiger partial charge >= 0.3 is 0 Å². The van der Waals surface area contributed by atoms with Crippen LogP contribution in [0.25, 0.3) is 0 Å². The Morgan fingerprint density at radius 3 is 2.69 bits per heavy atom. The van der Waals surface area contributed by atoms with Crippen LogP contribution in [0.3, 0.4) is 0 Å². The van der Waals surface area contributed by atoms with E-state index < -0.39 is 0 Å². The predicted octanol–water partition coefficient (Wildman–Crippen LogP) is 3.16. The molecule has 88 valence electrons. The van der Waals surface area contributed by atoms with E-state index >= 15 is 0 Å². The number of rotatable bonds is 3. The molecule has 1 aliphatic carbocycles. The number of nitrogens with one attached hydrogen (secondary N) is 1. The molecule has 0 spiro atoms. The number of halogens is 2. The normalized spacial score (nSPS) is 18.7. The molecule has 1 aromatic carbocycles. The molecule has 0 aromatic heterocycles. The van der Waals surface area contributed by atoms with Gasteiger partial charge in [-0.05, 0) is 31.0 Å². The van der Waals surface area contributed by atoms with E-state index in [1.54, 1.807) is 6.07 Å². The fourth-order valence-corrected chi connectivity index (χ4v) is 2.48. The van der Waals surface area contributed by atoms with Crippen LogP contribution in [0.5, 0.6) is 0 Å². The number of anilines is 1. The summed E-state index contributed by atoms with van der Waals surface area (Å²) in [5, 5.41) is 3.86. The van der Waals surface area contributed by atoms with Gasteiger partial charge in [0.2, 0.25) is 0 Å². The molecule has 16 heavy (non-hydrogen) atoms. The minimum absolute atomic E-state index is 0.0998. The van der Waals surface area contributed by atoms with E-state index in [0.29, 0.717) is 17.3 Å². The van der Waals surface area contributed by atoms with Crippen molar-refractivity contribution in [1.82, 2.24) is 0 Å². The highest BCUT2D eigenvalue weighted by Crippen LogP contribution is 2.34. The minimum atomic E-state index is -0.280. The Hall–Kier alpha value is -0.800. The van der Waals surface area contributed by atoms with Crippen LogP contribution in [0.15, 0.2) is 18.2 Å². The summed E-state index contributed by atoms with van der Waals surface area (Å²) in [6.45, 7) is 0.555. The molecule has 1 aliphatic rings. The molecular weight excluding hydrogens is 227 g/mol. The zero-order valence-corrected chi connectivity index (χ0v) is 9.86. The van der Waals surface area contributed by atoms with Gasteiger partial charge in [0.05, 0.1) is 10.7 Å². The first-order valence-electron chi connectivity index (χ1n) is 5.58. The van der Waals surface area contributed by atoms with Crippen molar-refractivity contribution in [1.29, 1.82) is 0 Å². The second-order valence-electron chi connectivity index (χ2n) is 4.44. The summed E-state index contributed by atoms with van der Waals surface area (Å²) in [5.41, 5.74) is 6.35. The third-order valence-corrected chi connectivity index (χ3v) is 3.61. The lowest BCUT2D eigenvalue weighted by Gasteiger charge is -2.30. The number of hydrogen-bond donors (Lipinski definition) is 2.